The molecule has 0 nitrogen and oxygen atoms in total. The Morgan fingerprint density at radius 2 is 1.53 bits per heavy atom. The lowest BCUT2D eigenvalue weighted by Gasteiger charge is -2.01. The van der Waals surface area contributed by atoms with Crippen LogP contribution in [0.3, 0.4) is 0 Å². The van der Waals surface area contributed by atoms with Crippen molar-refractivity contribution in [2.45, 2.75) is 77.6 Å². The molecule has 0 saturated carbocycles. The van der Waals surface area contributed by atoms with Crippen LogP contribution >= 0.6 is 11.3 Å². The highest BCUT2D eigenvalue weighted by Gasteiger charge is 1.92. The minimum atomic E-state index is 1.24. The Balaban J connectivity index is 1.79. The van der Waals surface area contributed by atoms with E-state index in [2.05, 4.69) is 36.6 Å². The summed E-state index contributed by atoms with van der Waals surface area (Å²) < 4.78 is 0. The Bertz CT molecular complexity index is 298. The second-order valence-electron chi connectivity index (χ2n) is 5.39. The normalized spacial score (nSPS) is 11.4. The summed E-state index contributed by atoms with van der Waals surface area (Å²) in [6, 6.07) is 4.30. The van der Waals surface area contributed by atoms with E-state index in [4.69, 9.17) is 0 Å². The van der Waals surface area contributed by atoms with Crippen LogP contribution < -0.4 is 0 Å². The van der Waals surface area contributed by atoms with Gasteiger partial charge in [0, 0.05) is 4.88 Å². The van der Waals surface area contributed by atoms with Gasteiger partial charge in [0.15, 0.2) is 0 Å². The average molecular weight is 279 g/mol. The van der Waals surface area contributed by atoms with Crippen LogP contribution in [-0.4, -0.2) is 0 Å². The average Bonchev–Trinajstić information content (AvgIpc) is 2.93. The van der Waals surface area contributed by atoms with Gasteiger partial charge < -0.3 is 0 Å². The first-order valence-electron chi connectivity index (χ1n) is 8.13. The Hall–Kier alpha value is -0.560. The molecule has 0 aliphatic carbocycles. The van der Waals surface area contributed by atoms with E-state index >= 15 is 0 Å². The van der Waals surface area contributed by atoms with E-state index < -0.39 is 0 Å². The molecule has 0 bridgehead atoms. The van der Waals surface area contributed by atoms with Gasteiger partial charge in [0.2, 0.25) is 0 Å². The molecule has 0 aromatic carbocycles. The first-order valence-corrected chi connectivity index (χ1v) is 9.01. The van der Waals surface area contributed by atoms with Crippen LogP contribution in [0.2, 0.25) is 0 Å². The van der Waals surface area contributed by atoms with Crippen molar-refractivity contribution in [1.29, 1.82) is 0 Å². The van der Waals surface area contributed by atoms with Crippen molar-refractivity contribution < 1.29 is 0 Å². The lowest BCUT2D eigenvalue weighted by atomic mass is 10.1. The molecule has 0 radical (unpaired) electrons. The monoisotopic (exact) mass is 278 g/mol. The van der Waals surface area contributed by atoms with Crippen molar-refractivity contribution in [3.05, 3.63) is 28.5 Å². The lowest BCUT2D eigenvalue weighted by Crippen LogP contribution is -1.81. The van der Waals surface area contributed by atoms with Crippen molar-refractivity contribution in [2.24, 2.45) is 0 Å². The van der Waals surface area contributed by atoms with Crippen molar-refractivity contribution in [3.8, 4) is 0 Å². The Morgan fingerprint density at radius 3 is 2.11 bits per heavy atom. The first-order chi connectivity index (χ1) is 9.43. The lowest BCUT2D eigenvalue weighted by molar-refractivity contribution is 0.558. The number of unbranched alkanes of at least 4 members (excludes halogenated alkanes) is 10. The van der Waals surface area contributed by atoms with Crippen LogP contribution in [0.4, 0.5) is 0 Å². The zero-order valence-electron chi connectivity index (χ0n) is 12.6. The highest BCUT2D eigenvalue weighted by molar-refractivity contribution is 7.10. The summed E-state index contributed by atoms with van der Waals surface area (Å²) >= 11 is 1.82. The number of allylic oxidation sites excluding steroid dienone is 1. The number of rotatable bonds is 12. The topological polar surface area (TPSA) is 0 Å². The number of thiophene rings is 1. The molecule has 0 saturated heterocycles. The summed E-state index contributed by atoms with van der Waals surface area (Å²) in [5.74, 6) is 0. The summed E-state index contributed by atoms with van der Waals surface area (Å²) in [6.07, 6.45) is 20.1. The van der Waals surface area contributed by atoms with Gasteiger partial charge in [-0.3, -0.25) is 0 Å². The van der Waals surface area contributed by atoms with Gasteiger partial charge >= 0.3 is 0 Å². The van der Waals surface area contributed by atoms with Crippen molar-refractivity contribution in [2.75, 3.05) is 0 Å². The third-order valence-electron chi connectivity index (χ3n) is 3.55. The SMILES string of the molecule is CCCCCCCCCCCC/C=C/c1cccs1. The molecule has 0 fully saturated rings. The number of hydrogen-bond donors (Lipinski definition) is 0. The summed E-state index contributed by atoms with van der Waals surface area (Å²) in [6.45, 7) is 2.28. The van der Waals surface area contributed by atoms with E-state index in [0.29, 0.717) is 0 Å². The second kappa shape index (κ2) is 12.5. The van der Waals surface area contributed by atoms with Crippen molar-refractivity contribution in [1.82, 2.24) is 0 Å². The van der Waals surface area contributed by atoms with Gasteiger partial charge in [-0.1, -0.05) is 76.9 Å². The predicted molar refractivity (Wildman–Crippen MR) is 89.8 cm³/mol. The maximum atomic E-state index is 2.33. The van der Waals surface area contributed by atoms with E-state index in [9.17, 15) is 0 Å². The highest BCUT2D eigenvalue weighted by Crippen LogP contribution is 2.13. The Labute approximate surface area is 123 Å². The molecular weight excluding hydrogens is 248 g/mol. The smallest absolute Gasteiger partial charge is 0.0267 e. The molecule has 108 valence electrons. The summed E-state index contributed by atoms with van der Waals surface area (Å²) in [5.41, 5.74) is 0. The molecule has 0 N–H and O–H groups in total. The van der Waals surface area contributed by atoms with Crippen LogP contribution in [0.25, 0.3) is 6.08 Å². The maximum absolute atomic E-state index is 2.33. The number of hydrogen-bond acceptors (Lipinski definition) is 1. The van der Waals surface area contributed by atoms with Gasteiger partial charge in [-0.15, -0.1) is 11.3 Å². The van der Waals surface area contributed by atoms with E-state index in [1.54, 1.807) is 0 Å². The van der Waals surface area contributed by atoms with Crippen LogP contribution in [0, 0.1) is 0 Å². The first kappa shape index (κ1) is 16.5. The molecule has 0 aliphatic rings. The van der Waals surface area contributed by atoms with Gasteiger partial charge in [0.1, 0.15) is 0 Å². The van der Waals surface area contributed by atoms with Gasteiger partial charge in [-0.05, 0) is 30.4 Å². The van der Waals surface area contributed by atoms with E-state index in [0.717, 1.165) is 0 Å². The third kappa shape index (κ3) is 9.95. The molecule has 0 atom stereocenters. The molecule has 1 aromatic heterocycles. The van der Waals surface area contributed by atoms with Gasteiger partial charge in [0.05, 0.1) is 0 Å². The predicted octanol–water partition coefficient (Wildman–Crippen LogP) is 7.07. The largest absolute Gasteiger partial charge is 0.144 e. The molecule has 19 heavy (non-hydrogen) atoms. The van der Waals surface area contributed by atoms with Gasteiger partial charge in [0.25, 0.3) is 0 Å². The fourth-order valence-corrected chi connectivity index (χ4v) is 2.98. The quantitative estimate of drug-likeness (QED) is 0.359. The van der Waals surface area contributed by atoms with E-state index in [1.165, 1.54) is 75.5 Å². The Morgan fingerprint density at radius 1 is 0.895 bits per heavy atom. The molecule has 0 spiro atoms. The van der Waals surface area contributed by atoms with Crippen LogP contribution in [-0.2, 0) is 0 Å². The summed E-state index contributed by atoms with van der Waals surface area (Å²) in [4.78, 5) is 1.38. The molecule has 1 rings (SSSR count). The van der Waals surface area contributed by atoms with Crippen molar-refractivity contribution >= 4 is 17.4 Å². The van der Waals surface area contributed by atoms with Crippen LogP contribution in [0.5, 0.6) is 0 Å². The Kier molecular flexibility index (Phi) is 10.8. The fourth-order valence-electron chi connectivity index (χ4n) is 2.34. The van der Waals surface area contributed by atoms with Gasteiger partial charge in [-0.25, -0.2) is 0 Å². The maximum Gasteiger partial charge on any atom is 0.0267 e. The molecule has 1 aromatic rings. The van der Waals surface area contributed by atoms with Crippen LogP contribution in [0.1, 0.15) is 82.4 Å². The second-order valence-corrected chi connectivity index (χ2v) is 6.37. The fraction of sp³-hybridized carbons (Fsp3) is 0.667. The molecular formula is C18H30S. The minimum absolute atomic E-state index is 1.24. The molecule has 1 heteroatoms. The molecule has 0 aliphatic heterocycles. The van der Waals surface area contributed by atoms with E-state index in [1.807, 2.05) is 11.3 Å². The van der Waals surface area contributed by atoms with E-state index in [-0.39, 0.29) is 0 Å². The summed E-state index contributed by atoms with van der Waals surface area (Å²) in [5, 5.41) is 2.14. The molecule has 0 amide bonds. The van der Waals surface area contributed by atoms with Crippen LogP contribution in [0.15, 0.2) is 23.6 Å². The third-order valence-corrected chi connectivity index (χ3v) is 4.39. The standard InChI is InChI=1S/C18H30S/c1-2-3-4-5-6-7-8-9-10-11-12-13-15-18-16-14-17-19-18/h13-17H,2-12H2,1H3/b15-13+. The minimum Gasteiger partial charge on any atom is -0.144 e. The van der Waals surface area contributed by atoms with Gasteiger partial charge in [-0.2, -0.15) is 0 Å². The zero-order valence-corrected chi connectivity index (χ0v) is 13.4. The van der Waals surface area contributed by atoms with Crippen molar-refractivity contribution in [3.63, 3.8) is 0 Å². The summed E-state index contributed by atoms with van der Waals surface area (Å²) in [7, 11) is 0. The molecule has 1 heterocycles. The zero-order chi connectivity index (χ0) is 13.6. The molecule has 0 unspecified atom stereocenters. The highest BCUT2D eigenvalue weighted by atomic mass is 32.1.